The average Bonchev–Trinajstić information content (AvgIpc) is 2.93. The van der Waals surface area contributed by atoms with Crippen molar-refractivity contribution in [3.8, 4) is 17.0 Å². The van der Waals surface area contributed by atoms with Crippen LogP contribution < -0.4 is 16.6 Å². The standard InChI is InChI=1S/C29H31N5O3/c30-16-19-6-8-20(9-7-19)29(37)34-26(12-18-4-2-1-3-5-18)25-14-24(31-17-32-25)21-10-11-23-22(13-21)27(35)15-28(36)33-23/h1-5,10-11,13-15,17,19-20,26H,6-9,12,16,30H2,(H,34,37)(H2,33,35,36). The Labute approximate surface area is 215 Å². The molecule has 5 N–H and O–H groups in total. The van der Waals surface area contributed by atoms with Crippen molar-refractivity contribution in [2.45, 2.75) is 38.1 Å². The van der Waals surface area contributed by atoms with Gasteiger partial charge in [-0.25, -0.2) is 9.97 Å². The molecule has 0 radical (unpaired) electrons. The first-order valence-corrected chi connectivity index (χ1v) is 12.7. The highest BCUT2D eigenvalue weighted by atomic mass is 16.3. The highest BCUT2D eigenvalue weighted by molar-refractivity contribution is 5.88. The van der Waals surface area contributed by atoms with Crippen LogP contribution in [0.5, 0.6) is 5.75 Å². The molecule has 190 valence electrons. The summed E-state index contributed by atoms with van der Waals surface area (Å²) in [6, 6.07) is 18.1. The summed E-state index contributed by atoms with van der Waals surface area (Å²) in [5, 5.41) is 14.1. The van der Waals surface area contributed by atoms with Gasteiger partial charge < -0.3 is 21.1 Å². The van der Waals surface area contributed by atoms with Crippen LogP contribution in [-0.4, -0.2) is 32.5 Å². The number of rotatable bonds is 7. The zero-order valence-corrected chi connectivity index (χ0v) is 20.6. The molecule has 1 aliphatic carbocycles. The molecule has 0 spiro atoms. The minimum atomic E-state index is -0.363. The summed E-state index contributed by atoms with van der Waals surface area (Å²) in [6.45, 7) is 0.678. The third kappa shape index (κ3) is 5.70. The molecule has 0 saturated heterocycles. The number of nitrogens with zero attached hydrogens (tertiary/aromatic N) is 2. The lowest BCUT2D eigenvalue weighted by molar-refractivity contribution is -0.127. The Kier molecular flexibility index (Phi) is 7.28. The summed E-state index contributed by atoms with van der Waals surface area (Å²) in [7, 11) is 0. The van der Waals surface area contributed by atoms with E-state index in [9.17, 15) is 14.7 Å². The van der Waals surface area contributed by atoms with Crippen molar-refractivity contribution in [2.24, 2.45) is 17.6 Å². The Balaban J connectivity index is 1.44. The number of carbonyl (C=O) groups is 1. The van der Waals surface area contributed by atoms with Crippen LogP contribution in [0.25, 0.3) is 22.2 Å². The summed E-state index contributed by atoms with van der Waals surface area (Å²) in [6.07, 6.45) is 5.76. The maximum absolute atomic E-state index is 13.3. The van der Waals surface area contributed by atoms with Gasteiger partial charge in [0.25, 0.3) is 5.56 Å². The maximum atomic E-state index is 13.3. The van der Waals surface area contributed by atoms with Crippen molar-refractivity contribution >= 4 is 16.8 Å². The van der Waals surface area contributed by atoms with Crippen molar-refractivity contribution in [1.82, 2.24) is 20.3 Å². The number of H-pyrrole nitrogens is 1. The monoisotopic (exact) mass is 497 g/mol. The Morgan fingerprint density at radius 1 is 1.05 bits per heavy atom. The number of pyridine rings is 1. The summed E-state index contributed by atoms with van der Waals surface area (Å²) < 4.78 is 0. The van der Waals surface area contributed by atoms with E-state index in [0.717, 1.165) is 42.9 Å². The van der Waals surface area contributed by atoms with Crippen molar-refractivity contribution in [2.75, 3.05) is 6.54 Å². The first-order chi connectivity index (χ1) is 18.0. The quantitative estimate of drug-likeness (QED) is 0.306. The minimum Gasteiger partial charge on any atom is -0.507 e. The van der Waals surface area contributed by atoms with Crippen molar-refractivity contribution in [3.63, 3.8) is 0 Å². The van der Waals surface area contributed by atoms with Crippen LogP contribution in [0.2, 0.25) is 0 Å². The third-order valence-corrected chi connectivity index (χ3v) is 7.31. The number of nitrogens with two attached hydrogens (primary N) is 1. The number of nitrogens with one attached hydrogen (secondary N) is 2. The van der Waals surface area contributed by atoms with Crippen LogP contribution in [0.15, 0.2) is 71.8 Å². The van der Waals surface area contributed by atoms with E-state index in [1.54, 1.807) is 12.1 Å². The molecule has 1 amide bonds. The summed E-state index contributed by atoms with van der Waals surface area (Å²) in [5.74, 6) is 0.449. The van der Waals surface area contributed by atoms with Gasteiger partial charge in [-0.05, 0) is 68.3 Å². The number of carbonyl (C=O) groups excluding carboxylic acids is 1. The third-order valence-electron chi connectivity index (χ3n) is 7.31. The summed E-state index contributed by atoms with van der Waals surface area (Å²) in [5.41, 5.74) is 9.25. The number of hydrogen-bond acceptors (Lipinski definition) is 6. The molecule has 1 unspecified atom stereocenters. The number of aromatic nitrogens is 3. The van der Waals surface area contributed by atoms with E-state index in [1.807, 2.05) is 42.5 Å². The van der Waals surface area contributed by atoms with E-state index >= 15 is 0 Å². The van der Waals surface area contributed by atoms with Gasteiger partial charge in [0.15, 0.2) is 0 Å². The van der Waals surface area contributed by atoms with Crippen LogP contribution in [0.3, 0.4) is 0 Å². The van der Waals surface area contributed by atoms with Crippen molar-refractivity contribution in [1.29, 1.82) is 0 Å². The lowest BCUT2D eigenvalue weighted by Crippen LogP contribution is -2.37. The normalized spacial score (nSPS) is 18.4. The lowest BCUT2D eigenvalue weighted by atomic mass is 9.81. The predicted molar refractivity (Wildman–Crippen MR) is 143 cm³/mol. The number of hydrogen-bond donors (Lipinski definition) is 4. The molecule has 4 aromatic rings. The molecule has 0 aliphatic heterocycles. The fourth-order valence-electron chi connectivity index (χ4n) is 5.15. The van der Waals surface area contributed by atoms with Gasteiger partial charge in [0, 0.05) is 22.9 Å². The molecule has 37 heavy (non-hydrogen) atoms. The van der Waals surface area contributed by atoms with E-state index in [0.29, 0.717) is 41.2 Å². The molecular formula is C29H31N5O3. The highest BCUT2D eigenvalue weighted by Crippen LogP contribution is 2.30. The molecule has 8 nitrogen and oxygen atoms in total. The topological polar surface area (TPSA) is 134 Å². The molecule has 1 fully saturated rings. The van der Waals surface area contributed by atoms with Gasteiger partial charge in [-0.1, -0.05) is 36.4 Å². The lowest BCUT2D eigenvalue weighted by Gasteiger charge is -2.28. The Bertz CT molecular complexity index is 1450. The largest absolute Gasteiger partial charge is 0.507 e. The van der Waals surface area contributed by atoms with Gasteiger partial charge in [-0.2, -0.15) is 0 Å². The second-order valence-corrected chi connectivity index (χ2v) is 9.81. The molecule has 2 aromatic heterocycles. The van der Waals surface area contributed by atoms with Gasteiger partial charge in [-0.15, -0.1) is 0 Å². The van der Waals surface area contributed by atoms with Gasteiger partial charge >= 0.3 is 0 Å². The van der Waals surface area contributed by atoms with E-state index in [1.165, 1.54) is 6.33 Å². The van der Waals surface area contributed by atoms with Gasteiger partial charge in [0.05, 0.1) is 22.9 Å². The molecule has 2 aromatic carbocycles. The predicted octanol–water partition coefficient (Wildman–Crippen LogP) is 3.86. The Morgan fingerprint density at radius 3 is 2.59 bits per heavy atom. The van der Waals surface area contributed by atoms with E-state index in [-0.39, 0.29) is 29.2 Å². The summed E-state index contributed by atoms with van der Waals surface area (Å²) in [4.78, 5) is 36.7. The fraction of sp³-hybridized carbons (Fsp3) is 0.310. The second kappa shape index (κ2) is 10.9. The van der Waals surface area contributed by atoms with Gasteiger partial charge in [0.2, 0.25) is 5.91 Å². The van der Waals surface area contributed by atoms with Crippen LogP contribution in [0, 0.1) is 11.8 Å². The zero-order valence-electron chi connectivity index (χ0n) is 20.6. The first-order valence-electron chi connectivity index (χ1n) is 12.7. The molecule has 8 heteroatoms. The fourth-order valence-corrected chi connectivity index (χ4v) is 5.15. The molecular weight excluding hydrogens is 466 g/mol. The molecule has 0 bridgehead atoms. The van der Waals surface area contributed by atoms with Gasteiger partial charge in [0.1, 0.15) is 12.1 Å². The molecule has 2 heterocycles. The number of benzene rings is 2. The van der Waals surface area contributed by atoms with Crippen molar-refractivity contribution in [3.05, 3.63) is 88.6 Å². The Morgan fingerprint density at radius 2 is 1.84 bits per heavy atom. The summed E-state index contributed by atoms with van der Waals surface area (Å²) >= 11 is 0. The molecule has 5 rings (SSSR count). The van der Waals surface area contributed by atoms with Gasteiger partial charge in [-0.3, -0.25) is 9.59 Å². The Hall–Kier alpha value is -4.04. The number of aromatic hydroxyl groups is 1. The average molecular weight is 498 g/mol. The van der Waals surface area contributed by atoms with Crippen LogP contribution in [0.1, 0.15) is 43.0 Å². The zero-order chi connectivity index (χ0) is 25.8. The molecule has 1 saturated carbocycles. The smallest absolute Gasteiger partial charge is 0.252 e. The SMILES string of the molecule is NCC1CCC(C(=O)NC(Cc2ccccc2)c2cc(-c3ccc4[nH]c(=O)cc(O)c4c3)ncn2)CC1. The number of amides is 1. The van der Waals surface area contributed by atoms with Crippen LogP contribution >= 0.6 is 0 Å². The van der Waals surface area contributed by atoms with Crippen LogP contribution in [-0.2, 0) is 11.2 Å². The maximum Gasteiger partial charge on any atom is 0.252 e. The highest BCUT2D eigenvalue weighted by Gasteiger charge is 2.28. The molecule has 1 aliphatic rings. The minimum absolute atomic E-state index is 0.0204. The molecule has 1 atom stereocenters. The number of fused-ring (bicyclic) bond motifs is 1. The van der Waals surface area contributed by atoms with E-state index in [2.05, 4.69) is 20.3 Å². The van der Waals surface area contributed by atoms with E-state index < -0.39 is 0 Å². The van der Waals surface area contributed by atoms with Crippen molar-refractivity contribution < 1.29 is 9.90 Å². The first kappa shape index (κ1) is 24.6. The van der Waals surface area contributed by atoms with E-state index in [4.69, 9.17) is 5.73 Å². The second-order valence-electron chi connectivity index (χ2n) is 9.81. The number of aromatic amines is 1. The van der Waals surface area contributed by atoms with Crippen LogP contribution in [0.4, 0.5) is 0 Å².